The Morgan fingerprint density at radius 1 is 1.14 bits per heavy atom. The Bertz CT molecular complexity index is 1220. The lowest BCUT2D eigenvalue weighted by atomic mass is 9.92. The summed E-state index contributed by atoms with van der Waals surface area (Å²) in [5.41, 5.74) is 4.34. The number of nitrogens with zero attached hydrogens (tertiary/aromatic N) is 1. The Morgan fingerprint density at radius 3 is 2.78 bits per heavy atom. The van der Waals surface area contributed by atoms with Gasteiger partial charge in [-0.2, -0.15) is 0 Å². The largest absolute Gasteiger partial charge is 0.494 e. The van der Waals surface area contributed by atoms with Gasteiger partial charge in [0.2, 0.25) is 5.91 Å². The molecule has 1 aliphatic rings. The van der Waals surface area contributed by atoms with Crippen LogP contribution < -0.4 is 15.8 Å². The number of nitrogens with one attached hydrogen (secondary N) is 1. The van der Waals surface area contributed by atoms with Gasteiger partial charge in [0, 0.05) is 23.4 Å². The summed E-state index contributed by atoms with van der Waals surface area (Å²) in [7, 11) is 0. The molecule has 3 aromatic rings. The molecule has 1 aromatic heterocycles. The summed E-state index contributed by atoms with van der Waals surface area (Å²) in [6, 6.07) is 15.3. The lowest BCUT2D eigenvalue weighted by Crippen LogP contribution is -2.31. The molecular formula is C29H36N2O5. The SMILES string of the molecule is Cc1ccc2oc(=O)c(CC(CCc3cccc(OCCCN4CCCCC4)c3)C(=O)NO)cc2c1. The maximum atomic E-state index is 12.5. The molecule has 192 valence electrons. The van der Waals surface area contributed by atoms with Crippen LogP contribution in [0.15, 0.2) is 57.7 Å². The minimum Gasteiger partial charge on any atom is -0.494 e. The summed E-state index contributed by atoms with van der Waals surface area (Å²) in [4.78, 5) is 27.5. The molecule has 36 heavy (non-hydrogen) atoms. The molecule has 4 rings (SSSR count). The van der Waals surface area contributed by atoms with Crippen molar-refractivity contribution in [2.45, 2.75) is 51.9 Å². The van der Waals surface area contributed by atoms with Crippen LogP contribution in [0.4, 0.5) is 0 Å². The molecule has 7 nitrogen and oxygen atoms in total. The quantitative estimate of drug-likeness (QED) is 0.175. The highest BCUT2D eigenvalue weighted by Gasteiger charge is 2.21. The number of hydrogen-bond acceptors (Lipinski definition) is 6. The van der Waals surface area contributed by atoms with Crippen molar-refractivity contribution in [1.82, 2.24) is 10.4 Å². The molecular weight excluding hydrogens is 456 g/mol. The van der Waals surface area contributed by atoms with Crippen molar-refractivity contribution in [2.24, 2.45) is 5.92 Å². The van der Waals surface area contributed by atoms with Gasteiger partial charge in [-0.3, -0.25) is 10.0 Å². The second-order valence-electron chi connectivity index (χ2n) is 9.77. The number of aryl methyl sites for hydroxylation is 2. The van der Waals surface area contributed by atoms with Crippen molar-refractivity contribution in [2.75, 3.05) is 26.2 Å². The van der Waals surface area contributed by atoms with Gasteiger partial charge in [-0.25, -0.2) is 10.3 Å². The van der Waals surface area contributed by atoms with E-state index in [-0.39, 0.29) is 6.42 Å². The molecule has 2 N–H and O–H groups in total. The van der Waals surface area contributed by atoms with Crippen LogP contribution in [-0.2, 0) is 17.6 Å². The van der Waals surface area contributed by atoms with Crippen molar-refractivity contribution in [3.63, 3.8) is 0 Å². The second-order valence-corrected chi connectivity index (χ2v) is 9.77. The van der Waals surface area contributed by atoms with Crippen LogP contribution in [0, 0.1) is 12.8 Å². The third kappa shape index (κ3) is 7.18. The fraction of sp³-hybridized carbons (Fsp3) is 0.448. The maximum absolute atomic E-state index is 12.5. The molecule has 0 radical (unpaired) electrons. The van der Waals surface area contributed by atoms with Gasteiger partial charge in [0.15, 0.2) is 0 Å². The van der Waals surface area contributed by atoms with Gasteiger partial charge in [0.05, 0.1) is 6.61 Å². The summed E-state index contributed by atoms with van der Waals surface area (Å²) in [5, 5.41) is 10.1. The lowest BCUT2D eigenvalue weighted by Gasteiger charge is -2.26. The number of hydrogen-bond donors (Lipinski definition) is 2. The summed E-state index contributed by atoms with van der Waals surface area (Å²) in [5.74, 6) is -0.266. The molecule has 1 amide bonds. The molecule has 1 saturated heterocycles. The lowest BCUT2D eigenvalue weighted by molar-refractivity contribution is -0.133. The number of benzene rings is 2. The molecule has 1 fully saturated rings. The summed E-state index contributed by atoms with van der Waals surface area (Å²) < 4.78 is 11.4. The highest BCUT2D eigenvalue weighted by atomic mass is 16.5. The molecule has 7 heteroatoms. The van der Waals surface area contributed by atoms with Gasteiger partial charge in [-0.05, 0) is 94.4 Å². The van der Waals surface area contributed by atoms with Crippen molar-refractivity contribution < 1.29 is 19.2 Å². The third-order valence-electron chi connectivity index (χ3n) is 6.92. The van der Waals surface area contributed by atoms with E-state index in [1.807, 2.05) is 43.3 Å². The van der Waals surface area contributed by atoms with Gasteiger partial charge in [-0.1, -0.05) is 30.2 Å². The Kier molecular flexibility index (Phi) is 9.14. The number of amides is 1. The fourth-order valence-corrected chi connectivity index (χ4v) is 4.90. The zero-order valence-corrected chi connectivity index (χ0v) is 21.0. The van der Waals surface area contributed by atoms with Gasteiger partial charge >= 0.3 is 5.63 Å². The zero-order chi connectivity index (χ0) is 25.3. The molecule has 1 unspecified atom stereocenters. The number of fused-ring (bicyclic) bond motifs is 1. The van der Waals surface area contributed by atoms with Crippen molar-refractivity contribution in [3.05, 3.63) is 75.6 Å². The van der Waals surface area contributed by atoms with Gasteiger partial charge in [0.1, 0.15) is 11.3 Å². The van der Waals surface area contributed by atoms with Gasteiger partial charge in [-0.15, -0.1) is 0 Å². The molecule has 0 saturated carbocycles. The first kappa shape index (κ1) is 25.9. The fourth-order valence-electron chi connectivity index (χ4n) is 4.90. The van der Waals surface area contributed by atoms with Crippen LogP contribution >= 0.6 is 0 Å². The van der Waals surface area contributed by atoms with E-state index in [2.05, 4.69) is 4.90 Å². The number of carbonyl (C=O) groups excluding carboxylic acids is 1. The smallest absolute Gasteiger partial charge is 0.339 e. The molecule has 0 bridgehead atoms. The van der Waals surface area contributed by atoms with Crippen LogP contribution in [0.2, 0.25) is 0 Å². The number of hydroxylamine groups is 1. The Morgan fingerprint density at radius 2 is 1.97 bits per heavy atom. The van der Waals surface area contributed by atoms with Crippen LogP contribution in [0.1, 0.15) is 48.8 Å². The van der Waals surface area contributed by atoms with E-state index in [4.69, 9.17) is 9.15 Å². The number of rotatable bonds is 11. The van der Waals surface area contributed by atoms with E-state index < -0.39 is 17.5 Å². The van der Waals surface area contributed by atoms with Crippen molar-refractivity contribution >= 4 is 16.9 Å². The molecule has 1 atom stereocenters. The number of ether oxygens (including phenoxy) is 1. The third-order valence-corrected chi connectivity index (χ3v) is 6.92. The summed E-state index contributed by atoms with van der Waals surface area (Å²) >= 11 is 0. The molecule has 2 aromatic carbocycles. The minimum absolute atomic E-state index is 0.186. The monoisotopic (exact) mass is 492 g/mol. The summed E-state index contributed by atoms with van der Waals surface area (Å²) in [6.45, 7) is 6.10. The predicted octanol–water partition coefficient (Wildman–Crippen LogP) is 4.65. The van der Waals surface area contributed by atoms with Crippen molar-refractivity contribution in [3.8, 4) is 5.75 Å². The summed E-state index contributed by atoms with van der Waals surface area (Å²) in [6.07, 6.45) is 6.20. The van der Waals surface area contributed by atoms with Crippen LogP contribution in [0.25, 0.3) is 11.0 Å². The first-order chi connectivity index (χ1) is 17.5. The van der Waals surface area contributed by atoms with Crippen LogP contribution in [-0.4, -0.2) is 42.3 Å². The van der Waals surface area contributed by atoms with Crippen molar-refractivity contribution in [1.29, 1.82) is 0 Å². The predicted molar refractivity (Wildman–Crippen MR) is 140 cm³/mol. The number of likely N-dealkylation sites (tertiary alicyclic amines) is 1. The van der Waals surface area contributed by atoms with Gasteiger partial charge in [0.25, 0.3) is 0 Å². The van der Waals surface area contributed by atoms with Gasteiger partial charge < -0.3 is 14.1 Å². The first-order valence-corrected chi connectivity index (χ1v) is 12.9. The number of carbonyl (C=O) groups is 1. The van der Waals surface area contributed by atoms with E-state index in [1.54, 1.807) is 17.6 Å². The standard InChI is InChI=1S/C29H36N2O5/c1-21-9-12-27-24(17-21)20-25(29(33)36-27)19-23(28(32)30-34)11-10-22-7-5-8-26(18-22)35-16-6-15-31-13-3-2-4-14-31/h5,7-9,12,17-18,20,23,34H,2-4,6,10-11,13-16,19H2,1H3,(H,30,32). The first-order valence-electron chi connectivity index (χ1n) is 12.9. The molecule has 0 aliphatic carbocycles. The average molecular weight is 493 g/mol. The normalized spacial score (nSPS) is 15.1. The molecule has 0 spiro atoms. The minimum atomic E-state index is -0.575. The number of piperidine rings is 1. The Hall–Kier alpha value is -3.16. The highest BCUT2D eigenvalue weighted by molar-refractivity contribution is 5.79. The maximum Gasteiger partial charge on any atom is 0.339 e. The van der Waals surface area contributed by atoms with E-state index in [0.29, 0.717) is 30.6 Å². The second kappa shape index (κ2) is 12.7. The van der Waals surface area contributed by atoms with Crippen LogP contribution in [0.5, 0.6) is 5.75 Å². The van der Waals surface area contributed by atoms with E-state index in [1.165, 1.54) is 32.4 Å². The molecule has 1 aliphatic heterocycles. The Labute approximate surface area is 212 Å². The highest BCUT2D eigenvalue weighted by Crippen LogP contribution is 2.21. The zero-order valence-electron chi connectivity index (χ0n) is 21.0. The van der Waals surface area contributed by atoms with E-state index >= 15 is 0 Å². The van der Waals surface area contributed by atoms with E-state index in [0.717, 1.165) is 35.2 Å². The Balaban J connectivity index is 1.35. The topological polar surface area (TPSA) is 92.0 Å². The van der Waals surface area contributed by atoms with E-state index in [9.17, 15) is 14.8 Å². The molecule has 2 heterocycles. The average Bonchev–Trinajstić information content (AvgIpc) is 2.90. The van der Waals surface area contributed by atoms with Crippen LogP contribution in [0.3, 0.4) is 0 Å².